The molecule has 0 aromatic heterocycles. The van der Waals surface area contributed by atoms with Gasteiger partial charge in [0, 0.05) is 25.7 Å². The zero-order valence-electron chi connectivity index (χ0n) is 60.2. The first-order valence-corrected chi connectivity index (χ1v) is 41.8. The largest absolute Gasteiger partial charge is 0.472 e. The first kappa shape index (κ1) is 91.1. The van der Waals surface area contributed by atoms with Crippen molar-refractivity contribution in [2.45, 2.75) is 412 Å². The molecule has 0 aliphatic rings. The van der Waals surface area contributed by atoms with Gasteiger partial charge in [0.15, 0.2) is 12.2 Å². The smallest absolute Gasteiger partial charge is 0.462 e. The van der Waals surface area contributed by atoms with Crippen LogP contribution in [0.2, 0.25) is 0 Å². The third kappa shape index (κ3) is 68.4. The van der Waals surface area contributed by atoms with Crippen molar-refractivity contribution in [3.63, 3.8) is 0 Å². The molecule has 0 aromatic rings. The van der Waals surface area contributed by atoms with E-state index in [1.165, 1.54) is 225 Å². The van der Waals surface area contributed by atoms with Gasteiger partial charge in [-0.15, -0.1) is 0 Å². The summed E-state index contributed by atoms with van der Waals surface area (Å²) in [4.78, 5) is 72.7. The summed E-state index contributed by atoms with van der Waals surface area (Å²) in [6, 6.07) is 0. The minimum absolute atomic E-state index is 0.108. The van der Waals surface area contributed by atoms with Crippen molar-refractivity contribution in [2.24, 2.45) is 0 Å². The fraction of sp³-hybridized carbons (Fsp3) is 0.946. The van der Waals surface area contributed by atoms with E-state index in [9.17, 15) is 43.2 Å². The quantitative estimate of drug-likeness (QED) is 0.0222. The van der Waals surface area contributed by atoms with E-state index >= 15 is 0 Å². The lowest BCUT2D eigenvalue weighted by molar-refractivity contribution is -0.161. The minimum atomic E-state index is -4.95. The van der Waals surface area contributed by atoms with Crippen LogP contribution in [0.3, 0.4) is 0 Å². The average molecular weight is 1370 g/mol. The Morgan fingerprint density at radius 1 is 0.258 bits per heavy atom. The van der Waals surface area contributed by atoms with Gasteiger partial charge in [0.05, 0.1) is 26.4 Å². The Labute approximate surface area is 568 Å². The summed E-state index contributed by atoms with van der Waals surface area (Å²) in [5.74, 6) is -2.11. The van der Waals surface area contributed by atoms with Gasteiger partial charge in [0.25, 0.3) is 0 Å². The van der Waals surface area contributed by atoms with Crippen molar-refractivity contribution in [3.05, 3.63) is 0 Å². The second-order valence-corrected chi connectivity index (χ2v) is 29.6. The molecule has 0 heterocycles. The summed E-state index contributed by atoms with van der Waals surface area (Å²) in [5.41, 5.74) is 0. The van der Waals surface area contributed by atoms with Gasteiger partial charge in [0.1, 0.15) is 19.3 Å². The van der Waals surface area contributed by atoms with Crippen LogP contribution in [0.25, 0.3) is 0 Å². The highest BCUT2D eigenvalue weighted by Gasteiger charge is 2.30. The molecule has 17 nitrogen and oxygen atoms in total. The Morgan fingerprint density at radius 2 is 0.430 bits per heavy atom. The second kappa shape index (κ2) is 68.6. The van der Waals surface area contributed by atoms with Crippen molar-refractivity contribution in [2.75, 3.05) is 39.6 Å². The third-order valence-corrected chi connectivity index (χ3v) is 19.3. The summed E-state index contributed by atoms with van der Waals surface area (Å²) in [7, 11) is -9.90. The monoisotopic (exact) mass is 1370 g/mol. The van der Waals surface area contributed by atoms with Crippen LogP contribution in [0.15, 0.2) is 0 Å². The van der Waals surface area contributed by atoms with Gasteiger partial charge in [-0.25, -0.2) is 9.13 Å². The maximum Gasteiger partial charge on any atom is 0.472 e. The number of ether oxygens (including phenoxy) is 4. The molecule has 552 valence electrons. The van der Waals surface area contributed by atoms with E-state index in [-0.39, 0.29) is 25.7 Å². The number of hydrogen-bond donors (Lipinski definition) is 3. The zero-order valence-corrected chi connectivity index (χ0v) is 62.0. The Morgan fingerprint density at radius 3 is 0.634 bits per heavy atom. The molecular formula is C74H144O17P2. The molecule has 0 amide bonds. The minimum Gasteiger partial charge on any atom is -0.462 e. The molecule has 2 unspecified atom stereocenters. The zero-order chi connectivity index (χ0) is 68.2. The molecule has 0 bridgehead atoms. The third-order valence-electron chi connectivity index (χ3n) is 17.4. The molecule has 0 aromatic carbocycles. The molecule has 0 saturated heterocycles. The summed E-state index contributed by atoms with van der Waals surface area (Å²) >= 11 is 0. The Bertz CT molecular complexity index is 1770. The van der Waals surface area contributed by atoms with Gasteiger partial charge in [-0.2, -0.15) is 0 Å². The fourth-order valence-corrected chi connectivity index (χ4v) is 13.0. The number of hydrogen-bond acceptors (Lipinski definition) is 15. The number of esters is 4. The highest BCUT2D eigenvalue weighted by Crippen LogP contribution is 2.45. The maximum absolute atomic E-state index is 13.1. The summed E-state index contributed by atoms with van der Waals surface area (Å²) < 4.78 is 68.4. The number of rotatable bonds is 75. The lowest BCUT2D eigenvalue weighted by Crippen LogP contribution is -2.30. The standard InChI is InChI=1S/C74H144O17P2/c1-5-9-13-17-21-25-29-31-33-34-35-36-38-41-45-49-53-57-61-74(79)91-70(65-85-72(77)59-55-51-47-43-40-37-32-30-26-22-18-14-10-6-2)67-89-93(82,83)87-63-68(75)62-86-92(80,81)88-66-69(64-84-71(76)58-54-50-46-42-28-24-20-16-12-8-4)90-73(78)60-56-52-48-44-39-27-23-19-15-11-7-3/h68-70,75H,5-67H2,1-4H3,(H,80,81)(H,82,83)/t68-,69+,70+/m0/s1. The van der Waals surface area contributed by atoms with E-state index in [0.717, 1.165) is 89.9 Å². The number of aliphatic hydroxyl groups is 1. The van der Waals surface area contributed by atoms with Crippen LogP contribution in [0.1, 0.15) is 394 Å². The number of carbonyl (C=O) groups excluding carboxylic acids is 4. The van der Waals surface area contributed by atoms with Crippen molar-refractivity contribution in [1.29, 1.82) is 0 Å². The summed E-state index contributed by atoms with van der Waals surface area (Å²) in [6.45, 7) is 4.97. The van der Waals surface area contributed by atoms with E-state index in [0.29, 0.717) is 25.7 Å². The molecule has 0 saturated carbocycles. The Hall–Kier alpha value is -1.94. The molecule has 0 aliphatic heterocycles. The highest BCUT2D eigenvalue weighted by molar-refractivity contribution is 7.47. The Kier molecular flexibility index (Phi) is 67.1. The average Bonchev–Trinajstić information content (AvgIpc) is 3.02. The van der Waals surface area contributed by atoms with Crippen LogP contribution >= 0.6 is 15.6 Å². The fourth-order valence-electron chi connectivity index (χ4n) is 11.4. The van der Waals surface area contributed by atoms with Crippen LogP contribution in [0.5, 0.6) is 0 Å². The van der Waals surface area contributed by atoms with Gasteiger partial charge in [-0.05, 0) is 25.7 Å². The molecule has 93 heavy (non-hydrogen) atoms. The molecule has 0 rings (SSSR count). The van der Waals surface area contributed by atoms with E-state index in [4.69, 9.17) is 37.0 Å². The molecule has 0 spiro atoms. The van der Waals surface area contributed by atoms with Crippen molar-refractivity contribution >= 4 is 39.5 Å². The van der Waals surface area contributed by atoms with Crippen LogP contribution in [-0.4, -0.2) is 96.7 Å². The SMILES string of the molecule is CCCCCCCCCCCCCCCCCCCCC(=O)O[C@H](COC(=O)CCCCCCCCCCCCCCCC)COP(=O)(O)OC[C@@H](O)COP(=O)(O)OC[C@@H](COC(=O)CCCCCCCCCCCC)OC(=O)CCCCCCCCCCCCC. The van der Waals surface area contributed by atoms with E-state index < -0.39 is 97.5 Å². The van der Waals surface area contributed by atoms with E-state index in [1.54, 1.807) is 0 Å². The number of phosphoric ester groups is 2. The number of phosphoric acid groups is 2. The van der Waals surface area contributed by atoms with Crippen molar-refractivity contribution in [1.82, 2.24) is 0 Å². The van der Waals surface area contributed by atoms with Crippen LogP contribution in [0, 0.1) is 0 Å². The van der Waals surface area contributed by atoms with E-state index in [2.05, 4.69) is 27.7 Å². The maximum atomic E-state index is 13.1. The number of aliphatic hydroxyl groups excluding tert-OH is 1. The molecule has 19 heteroatoms. The first-order chi connectivity index (χ1) is 45.2. The van der Waals surface area contributed by atoms with Gasteiger partial charge in [-0.3, -0.25) is 37.3 Å². The number of unbranched alkanes of at least 4 members (excludes halogenated alkanes) is 49. The van der Waals surface area contributed by atoms with Crippen molar-refractivity contribution in [3.8, 4) is 0 Å². The molecule has 5 atom stereocenters. The molecule has 0 aliphatic carbocycles. The molecule has 3 N–H and O–H groups in total. The van der Waals surface area contributed by atoms with Crippen LogP contribution in [-0.2, 0) is 65.4 Å². The molecule has 0 fully saturated rings. The van der Waals surface area contributed by atoms with Gasteiger partial charge in [-0.1, -0.05) is 342 Å². The van der Waals surface area contributed by atoms with E-state index in [1.807, 2.05) is 0 Å². The molecular weight excluding hydrogens is 1220 g/mol. The van der Waals surface area contributed by atoms with Gasteiger partial charge >= 0.3 is 39.5 Å². The summed E-state index contributed by atoms with van der Waals surface area (Å²) in [5, 5.41) is 10.6. The van der Waals surface area contributed by atoms with Gasteiger partial charge in [0.2, 0.25) is 0 Å². The lowest BCUT2D eigenvalue weighted by Gasteiger charge is -2.21. The molecule has 0 radical (unpaired) electrons. The lowest BCUT2D eigenvalue weighted by atomic mass is 10.0. The predicted molar refractivity (Wildman–Crippen MR) is 377 cm³/mol. The topological polar surface area (TPSA) is 237 Å². The highest BCUT2D eigenvalue weighted by atomic mass is 31.2. The first-order valence-electron chi connectivity index (χ1n) is 38.8. The summed E-state index contributed by atoms with van der Waals surface area (Å²) in [6.07, 6.45) is 58.1. The van der Waals surface area contributed by atoms with Crippen molar-refractivity contribution < 1.29 is 80.2 Å². The van der Waals surface area contributed by atoms with Crippen LogP contribution in [0.4, 0.5) is 0 Å². The number of carbonyl (C=O) groups is 4. The second-order valence-electron chi connectivity index (χ2n) is 26.7. The normalized spacial score (nSPS) is 13.9. The predicted octanol–water partition coefficient (Wildman–Crippen LogP) is 21.8. The Balaban J connectivity index is 5.22. The van der Waals surface area contributed by atoms with Gasteiger partial charge < -0.3 is 33.8 Å². The van der Waals surface area contributed by atoms with Crippen LogP contribution < -0.4 is 0 Å².